The van der Waals surface area contributed by atoms with Gasteiger partial charge in [-0.1, -0.05) is 25.9 Å². The molecule has 0 amide bonds. The van der Waals surface area contributed by atoms with Crippen LogP contribution in [0.2, 0.25) is 0 Å². The van der Waals surface area contributed by atoms with Gasteiger partial charge in [-0.25, -0.2) is 0 Å². The van der Waals surface area contributed by atoms with Crippen molar-refractivity contribution in [3.05, 3.63) is 0 Å². The Balaban J connectivity index is 2.68. The number of rotatable bonds is 1. The standard InChI is InChI=1S/C9H17NOS/c1-4-9-7(3)8(10-11)5-6(2)12-9/h6-7,9,11H,4-5H2,1-3H3/b10-8+/t6-,7-,9-/m0/s1. The number of hydrogen-bond acceptors (Lipinski definition) is 3. The van der Waals surface area contributed by atoms with Gasteiger partial charge in [0.15, 0.2) is 0 Å². The molecule has 0 aliphatic carbocycles. The van der Waals surface area contributed by atoms with Crippen LogP contribution in [-0.2, 0) is 0 Å². The number of oxime groups is 1. The van der Waals surface area contributed by atoms with E-state index < -0.39 is 0 Å². The summed E-state index contributed by atoms with van der Waals surface area (Å²) in [5.41, 5.74) is 0.980. The molecule has 0 spiro atoms. The molecule has 0 saturated carbocycles. The van der Waals surface area contributed by atoms with Crippen LogP contribution in [0.3, 0.4) is 0 Å². The van der Waals surface area contributed by atoms with E-state index >= 15 is 0 Å². The molecule has 0 aromatic rings. The molecule has 1 aliphatic heterocycles. The van der Waals surface area contributed by atoms with Gasteiger partial charge in [0.25, 0.3) is 0 Å². The Labute approximate surface area is 78.4 Å². The largest absolute Gasteiger partial charge is 0.411 e. The topological polar surface area (TPSA) is 32.6 Å². The van der Waals surface area contributed by atoms with Gasteiger partial charge in [-0.2, -0.15) is 11.8 Å². The molecule has 0 aromatic heterocycles. The molecule has 3 atom stereocenters. The van der Waals surface area contributed by atoms with Crippen molar-refractivity contribution in [3.63, 3.8) is 0 Å². The zero-order valence-electron chi connectivity index (χ0n) is 7.95. The van der Waals surface area contributed by atoms with Crippen LogP contribution < -0.4 is 0 Å². The lowest BCUT2D eigenvalue weighted by Crippen LogP contribution is -2.32. The van der Waals surface area contributed by atoms with Gasteiger partial charge in [0, 0.05) is 22.8 Å². The van der Waals surface area contributed by atoms with E-state index in [-0.39, 0.29) is 0 Å². The van der Waals surface area contributed by atoms with Gasteiger partial charge in [-0.05, 0) is 6.42 Å². The summed E-state index contributed by atoms with van der Waals surface area (Å²) in [4.78, 5) is 0. The summed E-state index contributed by atoms with van der Waals surface area (Å²) in [6.07, 6.45) is 2.11. The molecule has 3 heteroatoms. The monoisotopic (exact) mass is 187 g/mol. The van der Waals surface area contributed by atoms with Crippen molar-refractivity contribution < 1.29 is 5.21 Å². The van der Waals surface area contributed by atoms with E-state index in [1.807, 2.05) is 11.8 Å². The molecule has 0 radical (unpaired) electrons. The molecule has 0 unspecified atom stereocenters. The Morgan fingerprint density at radius 2 is 2.25 bits per heavy atom. The first-order valence-corrected chi connectivity index (χ1v) is 5.49. The normalized spacial score (nSPS) is 40.2. The fourth-order valence-electron chi connectivity index (χ4n) is 1.74. The van der Waals surface area contributed by atoms with Gasteiger partial charge < -0.3 is 5.21 Å². The molecule has 12 heavy (non-hydrogen) atoms. The number of thioether (sulfide) groups is 1. The summed E-state index contributed by atoms with van der Waals surface area (Å²) < 4.78 is 0. The zero-order chi connectivity index (χ0) is 9.14. The quantitative estimate of drug-likeness (QED) is 0.505. The fourth-order valence-corrected chi connectivity index (χ4v) is 3.19. The summed E-state index contributed by atoms with van der Waals surface area (Å²) in [6.45, 7) is 6.55. The first kappa shape index (κ1) is 9.90. The average molecular weight is 187 g/mol. The molecule has 0 bridgehead atoms. The molecule has 1 N–H and O–H groups in total. The SMILES string of the molecule is CC[C@@H]1S[C@@H](C)C/C(=N\O)[C@@H]1C. The predicted molar refractivity (Wildman–Crippen MR) is 54.1 cm³/mol. The van der Waals surface area contributed by atoms with Crippen molar-refractivity contribution in [2.75, 3.05) is 0 Å². The molecule has 1 fully saturated rings. The van der Waals surface area contributed by atoms with Gasteiger partial charge >= 0.3 is 0 Å². The molecule has 1 aliphatic rings. The average Bonchev–Trinajstić information content (AvgIpc) is 2.08. The third-order valence-electron chi connectivity index (χ3n) is 2.52. The van der Waals surface area contributed by atoms with Crippen LogP contribution in [0, 0.1) is 5.92 Å². The number of hydrogen-bond donors (Lipinski definition) is 1. The van der Waals surface area contributed by atoms with Crippen molar-refractivity contribution in [3.8, 4) is 0 Å². The lowest BCUT2D eigenvalue weighted by atomic mass is 9.95. The van der Waals surface area contributed by atoms with Crippen LogP contribution in [0.5, 0.6) is 0 Å². The maximum atomic E-state index is 8.77. The second-order valence-electron chi connectivity index (χ2n) is 3.48. The Kier molecular flexibility index (Phi) is 3.44. The maximum Gasteiger partial charge on any atom is 0.0620 e. The molecule has 0 aromatic carbocycles. The smallest absolute Gasteiger partial charge is 0.0620 e. The lowest BCUT2D eigenvalue weighted by Gasteiger charge is -2.32. The third-order valence-corrected chi connectivity index (χ3v) is 4.24. The van der Waals surface area contributed by atoms with Gasteiger partial charge in [0.1, 0.15) is 0 Å². The van der Waals surface area contributed by atoms with E-state index in [4.69, 9.17) is 5.21 Å². The highest BCUT2D eigenvalue weighted by atomic mass is 32.2. The summed E-state index contributed by atoms with van der Waals surface area (Å²) in [7, 11) is 0. The Morgan fingerprint density at radius 1 is 1.58 bits per heavy atom. The lowest BCUT2D eigenvalue weighted by molar-refractivity contribution is 0.312. The maximum absolute atomic E-state index is 8.77. The Morgan fingerprint density at radius 3 is 2.75 bits per heavy atom. The van der Waals surface area contributed by atoms with Gasteiger partial charge in [-0.15, -0.1) is 0 Å². The molecular weight excluding hydrogens is 170 g/mol. The minimum absolute atomic E-state index is 0.446. The second-order valence-corrected chi connectivity index (χ2v) is 5.16. The Bertz CT molecular complexity index is 181. The minimum Gasteiger partial charge on any atom is -0.411 e. The van der Waals surface area contributed by atoms with Crippen molar-refractivity contribution >= 4 is 17.5 Å². The zero-order valence-corrected chi connectivity index (χ0v) is 8.77. The number of nitrogens with zero attached hydrogens (tertiary/aromatic N) is 1. The van der Waals surface area contributed by atoms with Crippen LogP contribution >= 0.6 is 11.8 Å². The van der Waals surface area contributed by atoms with E-state index in [2.05, 4.69) is 25.9 Å². The molecular formula is C9H17NOS. The van der Waals surface area contributed by atoms with Crippen molar-refractivity contribution in [1.29, 1.82) is 0 Å². The van der Waals surface area contributed by atoms with Gasteiger partial charge in [0.05, 0.1) is 5.71 Å². The van der Waals surface area contributed by atoms with Crippen LogP contribution in [-0.4, -0.2) is 21.4 Å². The first-order chi connectivity index (χ1) is 5.69. The van der Waals surface area contributed by atoms with Crippen LogP contribution in [0.25, 0.3) is 0 Å². The highest BCUT2D eigenvalue weighted by Crippen LogP contribution is 2.35. The summed E-state index contributed by atoms with van der Waals surface area (Å²) in [6, 6.07) is 0. The minimum atomic E-state index is 0.446. The molecule has 70 valence electrons. The van der Waals surface area contributed by atoms with E-state index in [9.17, 15) is 0 Å². The molecule has 1 rings (SSSR count). The van der Waals surface area contributed by atoms with E-state index in [0.29, 0.717) is 16.4 Å². The van der Waals surface area contributed by atoms with Crippen LogP contribution in [0.1, 0.15) is 33.6 Å². The summed E-state index contributed by atoms with van der Waals surface area (Å²) in [5, 5.41) is 13.4. The highest BCUT2D eigenvalue weighted by Gasteiger charge is 2.29. The van der Waals surface area contributed by atoms with Gasteiger partial charge in [0.2, 0.25) is 0 Å². The van der Waals surface area contributed by atoms with Crippen LogP contribution in [0.15, 0.2) is 5.16 Å². The fraction of sp³-hybridized carbons (Fsp3) is 0.889. The highest BCUT2D eigenvalue weighted by molar-refractivity contribution is 8.00. The summed E-state index contributed by atoms with van der Waals surface area (Å²) in [5.74, 6) is 0.446. The molecule has 1 saturated heterocycles. The van der Waals surface area contributed by atoms with Crippen LogP contribution in [0.4, 0.5) is 0 Å². The Hall–Kier alpha value is -0.180. The summed E-state index contributed by atoms with van der Waals surface area (Å²) >= 11 is 2.02. The van der Waals surface area contributed by atoms with Crippen molar-refractivity contribution in [1.82, 2.24) is 0 Å². The second kappa shape index (κ2) is 4.17. The van der Waals surface area contributed by atoms with E-state index in [0.717, 1.165) is 18.6 Å². The predicted octanol–water partition coefficient (Wildman–Crippen LogP) is 2.76. The van der Waals surface area contributed by atoms with Gasteiger partial charge in [-0.3, -0.25) is 0 Å². The van der Waals surface area contributed by atoms with Crippen molar-refractivity contribution in [2.24, 2.45) is 11.1 Å². The van der Waals surface area contributed by atoms with E-state index in [1.54, 1.807) is 0 Å². The molecule has 2 nitrogen and oxygen atoms in total. The third kappa shape index (κ3) is 1.94. The van der Waals surface area contributed by atoms with E-state index in [1.165, 1.54) is 0 Å². The molecule has 1 heterocycles. The first-order valence-electron chi connectivity index (χ1n) is 4.55. The van der Waals surface area contributed by atoms with Crippen molar-refractivity contribution in [2.45, 2.75) is 44.1 Å².